The Kier molecular flexibility index (Phi) is 6.07. The summed E-state index contributed by atoms with van der Waals surface area (Å²) >= 11 is 1.47. The highest BCUT2D eigenvalue weighted by Crippen LogP contribution is 2.21. The summed E-state index contributed by atoms with van der Waals surface area (Å²) in [6, 6.07) is 9.02. The molecule has 0 spiro atoms. The number of nitrogens with zero attached hydrogens (tertiary/aromatic N) is 3. The average Bonchev–Trinajstić information content (AvgIpc) is 3.36. The van der Waals surface area contributed by atoms with Crippen LogP contribution in [0.3, 0.4) is 0 Å². The van der Waals surface area contributed by atoms with Crippen LogP contribution in [0.5, 0.6) is 0 Å². The standard InChI is InChI=1S/C17H14N4O6S/c22-14(18-11-3-5-12(6-4-11)21(24)25)10-26-16(23)8-7-15-19-17(20-27-15)13-2-1-9-28-13/h1-6,9H,7-8,10H2,(H,18,22). The summed E-state index contributed by atoms with van der Waals surface area (Å²) in [5.74, 6) is -0.383. The average molecular weight is 402 g/mol. The number of rotatable bonds is 8. The van der Waals surface area contributed by atoms with Gasteiger partial charge in [0.1, 0.15) is 0 Å². The van der Waals surface area contributed by atoms with E-state index in [9.17, 15) is 19.7 Å². The number of thiophene rings is 1. The van der Waals surface area contributed by atoms with Crippen LogP contribution in [0.1, 0.15) is 12.3 Å². The predicted molar refractivity (Wildman–Crippen MR) is 98.6 cm³/mol. The normalized spacial score (nSPS) is 10.4. The van der Waals surface area contributed by atoms with Crippen LogP contribution in [0.15, 0.2) is 46.3 Å². The van der Waals surface area contributed by atoms with E-state index >= 15 is 0 Å². The molecule has 0 unspecified atom stereocenters. The number of ether oxygens (including phenoxy) is 1. The van der Waals surface area contributed by atoms with Crippen molar-refractivity contribution in [2.45, 2.75) is 12.8 Å². The quantitative estimate of drug-likeness (QED) is 0.345. The number of amides is 1. The van der Waals surface area contributed by atoms with Crippen LogP contribution in [0, 0.1) is 10.1 Å². The summed E-state index contributed by atoms with van der Waals surface area (Å²) in [5, 5.41) is 18.8. The van der Waals surface area contributed by atoms with Crippen molar-refractivity contribution in [3.63, 3.8) is 0 Å². The minimum absolute atomic E-state index is 0.0170. The minimum atomic E-state index is -0.588. The number of nitro groups is 1. The van der Waals surface area contributed by atoms with E-state index in [2.05, 4.69) is 15.5 Å². The van der Waals surface area contributed by atoms with Gasteiger partial charge in [-0.05, 0) is 23.6 Å². The van der Waals surface area contributed by atoms with Crippen LogP contribution in [-0.4, -0.2) is 33.5 Å². The van der Waals surface area contributed by atoms with Crippen LogP contribution >= 0.6 is 11.3 Å². The highest BCUT2D eigenvalue weighted by atomic mass is 32.1. The molecule has 1 amide bonds. The SMILES string of the molecule is O=C(COC(=O)CCc1nc(-c2cccs2)no1)Nc1ccc([N+](=O)[O-])cc1. The lowest BCUT2D eigenvalue weighted by Crippen LogP contribution is -2.21. The monoisotopic (exact) mass is 402 g/mol. The zero-order chi connectivity index (χ0) is 19.9. The lowest BCUT2D eigenvalue weighted by atomic mass is 10.3. The topological polar surface area (TPSA) is 137 Å². The predicted octanol–water partition coefficient (Wildman–Crippen LogP) is 2.82. The Morgan fingerprint density at radius 1 is 1.25 bits per heavy atom. The molecule has 0 fully saturated rings. The summed E-state index contributed by atoms with van der Waals surface area (Å²) in [6.45, 7) is -0.472. The fourth-order valence-electron chi connectivity index (χ4n) is 2.15. The van der Waals surface area contributed by atoms with Crippen LogP contribution < -0.4 is 5.32 Å². The molecule has 28 heavy (non-hydrogen) atoms. The first-order valence-electron chi connectivity index (χ1n) is 8.07. The van der Waals surface area contributed by atoms with Crippen molar-refractivity contribution in [2.24, 2.45) is 0 Å². The van der Waals surface area contributed by atoms with Gasteiger partial charge >= 0.3 is 5.97 Å². The molecular weight excluding hydrogens is 388 g/mol. The van der Waals surface area contributed by atoms with Crippen molar-refractivity contribution >= 4 is 34.6 Å². The molecule has 10 nitrogen and oxygen atoms in total. The molecule has 0 aliphatic carbocycles. The summed E-state index contributed by atoms with van der Waals surface area (Å²) in [7, 11) is 0. The van der Waals surface area contributed by atoms with Crippen LogP contribution in [0.4, 0.5) is 11.4 Å². The summed E-state index contributed by atoms with van der Waals surface area (Å²) < 4.78 is 9.97. The molecule has 3 rings (SSSR count). The van der Waals surface area contributed by atoms with Crippen molar-refractivity contribution in [1.29, 1.82) is 0 Å². The Morgan fingerprint density at radius 3 is 2.71 bits per heavy atom. The fourth-order valence-corrected chi connectivity index (χ4v) is 2.80. The number of aromatic nitrogens is 2. The van der Waals surface area contributed by atoms with E-state index in [0.717, 1.165) is 4.88 Å². The van der Waals surface area contributed by atoms with E-state index in [1.165, 1.54) is 35.6 Å². The molecule has 0 bridgehead atoms. The number of benzene rings is 1. The van der Waals surface area contributed by atoms with Gasteiger partial charge in [-0.25, -0.2) is 0 Å². The third-order valence-corrected chi connectivity index (χ3v) is 4.34. The molecule has 2 aromatic heterocycles. The Hall–Kier alpha value is -3.60. The van der Waals surface area contributed by atoms with E-state index in [4.69, 9.17) is 9.26 Å². The van der Waals surface area contributed by atoms with E-state index < -0.39 is 23.4 Å². The van der Waals surface area contributed by atoms with Crippen LogP contribution in [0.25, 0.3) is 10.7 Å². The molecular formula is C17H14N4O6S. The third-order valence-electron chi connectivity index (χ3n) is 3.48. The molecule has 0 saturated heterocycles. The number of carbonyl (C=O) groups excluding carboxylic acids is 2. The maximum absolute atomic E-state index is 11.8. The lowest BCUT2D eigenvalue weighted by molar-refractivity contribution is -0.384. The molecule has 1 N–H and O–H groups in total. The van der Waals surface area contributed by atoms with Gasteiger partial charge in [0.15, 0.2) is 6.61 Å². The van der Waals surface area contributed by atoms with Gasteiger partial charge in [0.2, 0.25) is 11.7 Å². The summed E-state index contributed by atoms with van der Waals surface area (Å²) in [4.78, 5) is 38.6. The van der Waals surface area contributed by atoms with Gasteiger partial charge in [-0.2, -0.15) is 4.98 Å². The Morgan fingerprint density at radius 2 is 2.04 bits per heavy atom. The van der Waals surface area contributed by atoms with Crippen LogP contribution in [0.2, 0.25) is 0 Å². The first-order valence-corrected chi connectivity index (χ1v) is 8.95. The molecule has 1 aromatic carbocycles. The molecule has 0 atom stereocenters. The lowest BCUT2D eigenvalue weighted by Gasteiger charge is -2.06. The number of nitrogens with one attached hydrogen (secondary N) is 1. The molecule has 144 valence electrons. The van der Waals surface area contributed by atoms with Crippen molar-refractivity contribution in [3.05, 3.63) is 57.8 Å². The third kappa shape index (κ3) is 5.20. The van der Waals surface area contributed by atoms with Gasteiger partial charge in [0.05, 0.1) is 16.2 Å². The molecule has 11 heteroatoms. The number of hydrogen-bond acceptors (Lipinski definition) is 9. The summed E-state index contributed by atoms with van der Waals surface area (Å²) in [5.41, 5.74) is 0.270. The number of nitro benzene ring substituents is 1. The van der Waals surface area contributed by atoms with E-state index in [0.29, 0.717) is 17.4 Å². The zero-order valence-corrected chi connectivity index (χ0v) is 15.2. The Bertz CT molecular complexity index is 968. The smallest absolute Gasteiger partial charge is 0.306 e. The van der Waals surface area contributed by atoms with Crippen LogP contribution in [-0.2, 0) is 20.7 Å². The van der Waals surface area contributed by atoms with E-state index in [1.807, 2.05) is 17.5 Å². The number of carbonyl (C=O) groups is 2. The Labute approximate surface area is 162 Å². The number of hydrogen-bond donors (Lipinski definition) is 1. The minimum Gasteiger partial charge on any atom is -0.456 e. The molecule has 0 aliphatic rings. The molecule has 2 heterocycles. The highest BCUT2D eigenvalue weighted by Gasteiger charge is 2.13. The second kappa shape index (κ2) is 8.86. The largest absolute Gasteiger partial charge is 0.456 e. The number of anilines is 1. The number of non-ortho nitro benzene ring substituents is 1. The molecule has 0 aliphatic heterocycles. The van der Waals surface area contributed by atoms with Crippen molar-refractivity contribution in [2.75, 3.05) is 11.9 Å². The summed E-state index contributed by atoms with van der Waals surface area (Å²) in [6.07, 6.45) is 0.179. The second-order valence-electron chi connectivity index (χ2n) is 5.50. The first-order chi connectivity index (χ1) is 13.5. The van der Waals surface area contributed by atoms with Crippen molar-refractivity contribution in [1.82, 2.24) is 10.1 Å². The van der Waals surface area contributed by atoms with Gasteiger partial charge in [-0.3, -0.25) is 19.7 Å². The van der Waals surface area contributed by atoms with E-state index in [1.54, 1.807) is 0 Å². The van der Waals surface area contributed by atoms with E-state index in [-0.39, 0.29) is 18.5 Å². The molecule has 0 radical (unpaired) electrons. The molecule has 0 saturated carbocycles. The van der Waals surface area contributed by atoms with Gasteiger partial charge in [0, 0.05) is 24.2 Å². The number of esters is 1. The maximum Gasteiger partial charge on any atom is 0.306 e. The van der Waals surface area contributed by atoms with Gasteiger partial charge in [0.25, 0.3) is 11.6 Å². The highest BCUT2D eigenvalue weighted by molar-refractivity contribution is 7.13. The van der Waals surface area contributed by atoms with Gasteiger partial charge in [-0.15, -0.1) is 11.3 Å². The zero-order valence-electron chi connectivity index (χ0n) is 14.4. The van der Waals surface area contributed by atoms with Gasteiger partial charge in [-0.1, -0.05) is 11.2 Å². The first kappa shape index (κ1) is 19.2. The molecule has 3 aromatic rings. The maximum atomic E-state index is 11.8. The van der Waals surface area contributed by atoms with Gasteiger partial charge < -0.3 is 14.6 Å². The van der Waals surface area contributed by atoms with Crippen molar-refractivity contribution < 1.29 is 23.8 Å². The van der Waals surface area contributed by atoms with Crippen molar-refractivity contribution in [3.8, 4) is 10.7 Å². The fraction of sp³-hybridized carbons (Fsp3) is 0.176. The Balaban J connectivity index is 1.40. The second-order valence-corrected chi connectivity index (χ2v) is 6.45. The number of aryl methyl sites for hydroxylation is 1.